The van der Waals surface area contributed by atoms with Crippen LogP contribution in [0.4, 0.5) is 5.69 Å². The molecular formula is C24H28N2O4S. The van der Waals surface area contributed by atoms with E-state index in [1.54, 1.807) is 38.3 Å². The van der Waals surface area contributed by atoms with E-state index < -0.39 is 0 Å². The summed E-state index contributed by atoms with van der Waals surface area (Å²) >= 11 is 1.40. The highest BCUT2D eigenvalue weighted by Gasteiger charge is 2.27. The molecule has 0 atom stereocenters. The van der Waals surface area contributed by atoms with Crippen molar-refractivity contribution in [3.8, 4) is 11.5 Å². The molecule has 6 nitrogen and oxygen atoms in total. The molecule has 1 heterocycles. The first kappa shape index (κ1) is 22.7. The van der Waals surface area contributed by atoms with Crippen LogP contribution in [0.25, 0.3) is 6.08 Å². The Morgan fingerprint density at radius 2 is 1.87 bits per heavy atom. The lowest BCUT2D eigenvalue weighted by atomic mass is 10.1. The lowest BCUT2D eigenvalue weighted by Crippen LogP contribution is -2.31. The smallest absolute Gasteiger partial charge is 0.264 e. The summed E-state index contributed by atoms with van der Waals surface area (Å²) < 4.78 is 10.6. The second-order valence-corrected chi connectivity index (χ2v) is 8.79. The van der Waals surface area contributed by atoms with Crippen molar-refractivity contribution in [3.05, 3.63) is 52.4 Å². The number of amides is 2. The van der Waals surface area contributed by atoms with Crippen LogP contribution in [0.5, 0.6) is 11.5 Å². The first-order valence-electron chi connectivity index (χ1n) is 10.2. The van der Waals surface area contributed by atoms with Gasteiger partial charge in [0.25, 0.3) is 11.8 Å². The van der Waals surface area contributed by atoms with Crippen LogP contribution in [-0.4, -0.2) is 39.6 Å². The predicted octanol–water partition coefficient (Wildman–Crippen LogP) is 4.59. The number of likely N-dealkylation sites (N-methyl/N-ethyl adjacent to an activating group) is 1. The Balaban J connectivity index is 1.83. The maximum Gasteiger partial charge on any atom is 0.264 e. The summed E-state index contributed by atoms with van der Waals surface area (Å²) in [6.07, 6.45) is 2.76. The lowest BCUT2D eigenvalue weighted by molar-refractivity contribution is -0.114. The van der Waals surface area contributed by atoms with E-state index in [2.05, 4.69) is 19.2 Å². The van der Waals surface area contributed by atoms with Crippen LogP contribution in [0.3, 0.4) is 0 Å². The SMILES string of the molecule is COc1ccc(C=C2Sc3ccc(C(=O)NCCC(C)C)cc3N(C)C2=O)cc1OC. The van der Waals surface area contributed by atoms with Crippen molar-refractivity contribution in [1.29, 1.82) is 0 Å². The third kappa shape index (κ3) is 5.22. The Bertz CT molecular complexity index is 1020. The molecule has 0 spiro atoms. The van der Waals surface area contributed by atoms with Gasteiger partial charge < -0.3 is 19.7 Å². The molecule has 2 aromatic carbocycles. The molecule has 0 saturated heterocycles. The normalized spacial score (nSPS) is 14.6. The van der Waals surface area contributed by atoms with Gasteiger partial charge in [0.2, 0.25) is 0 Å². The van der Waals surface area contributed by atoms with Crippen LogP contribution in [0.1, 0.15) is 36.2 Å². The molecule has 1 aliphatic heterocycles. The molecule has 0 unspecified atom stereocenters. The van der Waals surface area contributed by atoms with E-state index in [1.165, 1.54) is 11.8 Å². The average Bonchev–Trinajstić information content (AvgIpc) is 2.76. The van der Waals surface area contributed by atoms with Gasteiger partial charge in [0.15, 0.2) is 11.5 Å². The summed E-state index contributed by atoms with van der Waals surface area (Å²) in [5, 5.41) is 2.94. The number of nitrogens with one attached hydrogen (secondary N) is 1. The Labute approximate surface area is 187 Å². The largest absolute Gasteiger partial charge is 0.493 e. The predicted molar refractivity (Wildman–Crippen MR) is 125 cm³/mol. The van der Waals surface area contributed by atoms with E-state index in [4.69, 9.17) is 9.47 Å². The fraction of sp³-hybridized carbons (Fsp3) is 0.333. The van der Waals surface area contributed by atoms with Crippen molar-refractivity contribution in [2.75, 3.05) is 32.7 Å². The van der Waals surface area contributed by atoms with Gasteiger partial charge in [-0.1, -0.05) is 31.7 Å². The number of nitrogens with zero attached hydrogens (tertiary/aromatic N) is 1. The fourth-order valence-corrected chi connectivity index (χ4v) is 4.30. The molecular weight excluding hydrogens is 412 g/mol. The van der Waals surface area contributed by atoms with Gasteiger partial charge in [0.1, 0.15) is 0 Å². The third-order valence-electron chi connectivity index (χ3n) is 5.03. The topological polar surface area (TPSA) is 67.9 Å². The zero-order valence-electron chi connectivity index (χ0n) is 18.5. The van der Waals surface area contributed by atoms with Crippen molar-refractivity contribution in [1.82, 2.24) is 5.32 Å². The highest BCUT2D eigenvalue weighted by Crippen LogP contribution is 2.42. The van der Waals surface area contributed by atoms with E-state index in [0.717, 1.165) is 22.6 Å². The van der Waals surface area contributed by atoms with Gasteiger partial charge in [0, 0.05) is 24.1 Å². The number of thioether (sulfide) groups is 1. The van der Waals surface area contributed by atoms with Gasteiger partial charge in [-0.3, -0.25) is 9.59 Å². The second-order valence-electron chi connectivity index (χ2n) is 7.71. The summed E-state index contributed by atoms with van der Waals surface area (Å²) in [5.41, 5.74) is 2.12. The van der Waals surface area contributed by atoms with Crippen molar-refractivity contribution in [2.24, 2.45) is 5.92 Å². The first-order valence-corrected chi connectivity index (χ1v) is 11.0. The number of hydrogen-bond acceptors (Lipinski definition) is 5. The Morgan fingerprint density at radius 3 is 2.55 bits per heavy atom. The minimum absolute atomic E-state index is 0.121. The molecule has 0 aromatic heterocycles. The number of hydrogen-bond donors (Lipinski definition) is 1. The van der Waals surface area contributed by atoms with E-state index in [9.17, 15) is 9.59 Å². The van der Waals surface area contributed by atoms with Gasteiger partial charge in [-0.15, -0.1) is 0 Å². The van der Waals surface area contributed by atoms with Crippen molar-refractivity contribution in [2.45, 2.75) is 25.2 Å². The number of ether oxygens (including phenoxy) is 2. The summed E-state index contributed by atoms with van der Waals surface area (Å²) in [5.74, 6) is 1.52. The lowest BCUT2D eigenvalue weighted by Gasteiger charge is -2.27. The zero-order chi connectivity index (χ0) is 22.5. The van der Waals surface area contributed by atoms with Crippen LogP contribution in [0, 0.1) is 5.92 Å². The quantitative estimate of drug-likeness (QED) is 0.638. The van der Waals surface area contributed by atoms with Crippen LogP contribution >= 0.6 is 11.8 Å². The van der Waals surface area contributed by atoms with Gasteiger partial charge in [0.05, 0.1) is 24.8 Å². The number of anilines is 1. The van der Waals surface area contributed by atoms with Crippen molar-refractivity contribution in [3.63, 3.8) is 0 Å². The maximum atomic E-state index is 13.0. The number of rotatable bonds is 7. The minimum Gasteiger partial charge on any atom is -0.493 e. The molecule has 7 heteroatoms. The van der Waals surface area contributed by atoms with Crippen LogP contribution < -0.4 is 19.7 Å². The highest BCUT2D eigenvalue weighted by molar-refractivity contribution is 8.04. The minimum atomic E-state index is -0.124. The van der Waals surface area contributed by atoms with Gasteiger partial charge in [-0.25, -0.2) is 0 Å². The molecule has 31 heavy (non-hydrogen) atoms. The number of methoxy groups -OCH3 is 2. The summed E-state index contributed by atoms with van der Waals surface area (Å²) in [6.45, 7) is 4.88. The van der Waals surface area contributed by atoms with E-state index in [1.807, 2.05) is 30.3 Å². The molecule has 164 valence electrons. The number of carbonyl (C=O) groups is 2. The molecule has 0 fully saturated rings. The second kappa shape index (κ2) is 9.92. The molecule has 2 amide bonds. The molecule has 0 saturated carbocycles. The van der Waals surface area contributed by atoms with Gasteiger partial charge >= 0.3 is 0 Å². The number of benzene rings is 2. The molecule has 1 aliphatic rings. The summed E-state index contributed by atoms with van der Waals surface area (Å²) in [6, 6.07) is 11.0. The Morgan fingerprint density at radius 1 is 1.13 bits per heavy atom. The Kier molecular flexibility index (Phi) is 7.28. The van der Waals surface area contributed by atoms with E-state index >= 15 is 0 Å². The molecule has 0 radical (unpaired) electrons. The van der Waals surface area contributed by atoms with Gasteiger partial charge in [-0.05, 0) is 54.3 Å². The van der Waals surface area contributed by atoms with Crippen LogP contribution in [-0.2, 0) is 4.79 Å². The van der Waals surface area contributed by atoms with Crippen molar-refractivity contribution >= 4 is 35.3 Å². The van der Waals surface area contributed by atoms with Crippen molar-refractivity contribution < 1.29 is 19.1 Å². The monoisotopic (exact) mass is 440 g/mol. The molecule has 0 aliphatic carbocycles. The maximum absolute atomic E-state index is 13.0. The summed E-state index contributed by atoms with van der Waals surface area (Å²) in [7, 11) is 4.89. The standard InChI is InChI=1S/C24H28N2O4S/c1-15(2)10-11-25-23(27)17-7-9-21-18(14-17)26(3)24(28)22(31-21)13-16-6-8-19(29-4)20(12-16)30-5/h6-9,12-15H,10-11H2,1-5H3,(H,25,27). The molecule has 1 N–H and O–H groups in total. The van der Waals surface area contributed by atoms with E-state index in [0.29, 0.717) is 34.4 Å². The number of fused-ring (bicyclic) bond motifs is 1. The highest BCUT2D eigenvalue weighted by atomic mass is 32.2. The number of carbonyl (C=O) groups excluding carboxylic acids is 2. The van der Waals surface area contributed by atoms with Crippen LogP contribution in [0.2, 0.25) is 0 Å². The van der Waals surface area contributed by atoms with E-state index in [-0.39, 0.29) is 11.8 Å². The Hall–Kier alpha value is -2.93. The molecule has 0 bridgehead atoms. The van der Waals surface area contributed by atoms with Gasteiger partial charge in [-0.2, -0.15) is 0 Å². The molecule has 3 rings (SSSR count). The third-order valence-corrected chi connectivity index (χ3v) is 6.11. The van der Waals surface area contributed by atoms with Crippen LogP contribution in [0.15, 0.2) is 46.2 Å². The first-order chi connectivity index (χ1) is 14.8. The molecule has 2 aromatic rings. The summed E-state index contributed by atoms with van der Waals surface area (Å²) in [4.78, 5) is 28.5. The average molecular weight is 441 g/mol. The zero-order valence-corrected chi connectivity index (χ0v) is 19.3. The fourth-order valence-electron chi connectivity index (χ4n) is 3.21.